The van der Waals surface area contributed by atoms with E-state index in [1.807, 2.05) is 0 Å². The maximum Gasteiger partial charge on any atom is 0.426 e. The van der Waals surface area contributed by atoms with Crippen molar-refractivity contribution >= 4 is 0 Å². The van der Waals surface area contributed by atoms with E-state index in [2.05, 4.69) is 11.7 Å². The first-order valence-corrected chi connectivity index (χ1v) is 12.6. The zero-order valence-electron chi connectivity index (χ0n) is 19.6. The summed E-state index contributed by atoms with van der Waals surface area (Å²) in [7, 11) is 0. The molecular weight excluding hydrogens is 447 g/mol. The van der Waals surface area contributed by atoms with Crippen LogP contribution in [-0.2, 0) is 6.11 Å². The highest BCUT2D eigenvalue weighted by Crippen LogP contribution is 2.45. The fraction of sp³-hybridized carbons (Fsp3) is 0.571. The van der Waals surface area contributed by atoms with E-state index in [0.717, 1.165) is 36.2 Å². The first kappa shape index (κ1) is 25.0. The molecule has 0 aromatic heterocycles. The summed E-state index contributed by atoms with van der Waals surface area (Å²) in [6.45, 7) is 2.27. The Kier molecular flexibility index (Phi) is 7.83. The maximum absolute atomic E-state index is 14.6. The van der Waals surface area contributed by atoms with Gasteiger partial charge in [0.25, 0.3) is 0 Å². The van der Waals surface area contributed by atoms with Crippen molar-refractivity contribution in [3.8, 4) is 5.75 Å². The normalized spacial score (nSPS) is 25.8. The van der Waals surface area contributed by atoms with Crippen LogP contribution < -0.4 is 4.74 Å². The van der Waals surface area contributed by atoms with E-state index < -0.39 is 34.9 Å². The minimum absolute atomic E-state index is 0.358. The summed E-state index contributed by atoms with van der Waals surface area (Å²) in [5.41, 5.74) is 0.613. The van der Waals surface area contributed by atoms with Crippen LogP contribution in [0.25, 0.3) is 0 Å². The summed E-state index contributed by atoms with van der Waals surface area (Å²) >= 11 is 0. The maximum atomic E-state index is 14.6. The average Bonchev–Trinajstić information content (AvgIpc) is 2.83. The van der Waals surface area contributed by atoms with Crippen LogP contribution in [0.15, 0.2) is 36.4 Å². The van der Waals surface area contributed by atoms with Gasteiger partial charge in [0, 0.05) is 12.1 Å². The molecule has 0 heterocycles. The van der Waals surface area contributed by atoms with Crippen molar-refractivity contribution in [1.82, 2.24) is 0 Å². The third-order valence-corrected chi connectivity index (χ3v) is 7.95. The Morgan fingerprint density at radius 1 is 0.794 bits per heavy atom. The number of ether oxygens (including phenoxy) is 1. The molecule has 4 rings (SSSR count). The number of halogens is 5. The van der Waals surface area contributed by atoms with Crippen molar-refractivity contribution in [2.24, 2.45) is 17.8 Å². The second-order valence-corrected chi connectivity index (χ2v) is 10.1. The lowest BCUT2D eigenvalue weighted by Crippen LogP contribution is -2.25. The molecule has 2 aliphatic rings. The number of hydrogen-bond donors (Lipinski definition) is 0. The fourth-order valence-corrected chi connectivity index (χ4v) is 6.03. The lowest BCUT2D eigenvalue weighted by Gasteiger charge is -2.38. The number of alkyl halides is 2. The molecule has 1 nitrogen and oxygen atoms in total. The highest BCUT2D eigenvalue weighted by molar-refractivity contribution is 5.30. The Morgan fingerprint density at radius 3 is 1.85 bits per heavy atom. The quantitative estimate of drug-likeness (QED) is 0.284. The molecular formula is C28H33F5O. The summed E-state index contributed by atoms with van der Waals surface area (Å²) in [4.78, 5) is 0. The summed E-state index contributed by atoms with van der Waals surface area (Å²) < 4.78 is 73.3. The second kappa shape index (κ2) is 10.7. The molecule has 2 aliphatic carbocycles. The van der Waals surface area contributed by atoms with Crippen LogP contribution in [0, 0.1) is 35.2 Å². The van der Waals surface area contributed by atoms with Gasteiger partial charge in [0.15, 0.2) is 17.5 Å². The summed E-state index contributed by atoms with van der Waals surface area (Å²) in [5.74, 6) is -2.75. The van der Waals surface area contributed by atoms with Gasteiger partial charge in [-0.15, -0.1) is 0 Å². The Morgan fingerprint density at radius 2 is 1.32 bits per heavy atom. The van der Waals surface area contributed by atoms with E-state index in [-0.39, 0.29) is 0 Å². The van der Waals surface area contributed by atoms with Gasteiger partial charge in [-0.3, -0.25) is 0 Å². The zero-order chi connectivity index (χ0) is 24.3. The van der Waals surface area contributed by atoms with Crippen molar-refractivity contribution in [3.05, 3.63) is 65.0 Å². The van der Waals surface area contributed by atoms with Crippen LogP contribution in [-0.4, -0.2) is 0 Å². The minimum Gasteiger partial charge on any atom is -0.429 e. The van der Waals surface area contributed by atoms with Gasteiger partial charge in [-0.2, -0.15) is 8.78 Å². The highest BCUT2D eigenvalue weighted by Gasteiger charge is 2.36. The lowest BCUT2D eigenvalue weighted by atomic mass is 9.68. The minimum atomic E-state index is -3.80. The van der Waals surface area contributed by atoms with Gasteiger partial charge in [-0.1, -0.05) is 44.7 Å². The van der Waals surface area contributed by atoms with E-state index in [1.165, 1.54) is 63.5 Å². The summed E-state index contributed by atoms with van der Waals surface area (Å²) in [5, 5.41) is 0. The molecule has 0 atom stereocenters. The molecule has 0 unspecified atom stereocenters. The first-order chi connectivity index (χ1) is 16.3. The van der Waals surface area contributed by atoms with Crippen LogP contribution in [0.1, 0.15) is 88.2 Å². The molecule has 2 aromatic carbocycles. The van der Waals surface area contributed by atoms with Gasteiger partial charge < -0.3 is 4.74 Å². The molecule has 6 heteroatoms. The topological polar surface area (TPSA) is 9.23 Å². The molecule has 0 N–H and O–H groups in total. The van der Waals surface area contributed by atoms with Crippen LogP contribution in [0.4, 0.5) is 22.0 Å². The molecule has 186 valence electrons. The molecule has 0 saturated heterocycles. The zero-order valence-corrected chi connectivity index (χ0v) is 19.6. The van der Waals surface area contributed by atoms with E-state index in [0.29, 0.717) is 18.1 Å². The number of hydrogen-bond acceptors (Lipinski definition) is 1. The van der Waals surface area contributed by atoms with Crippen molar-refractivity contribution in [3.63, 3.8) is 0 Å². The van der Waals surface area contributed by atoms with Gasteiger partial charge >= 0.3 is 6.11 Å². The van der Waals surface area contributed by atoms with Gasteiger partial charge in [-0.25, -0.2) is 13.2 Å². The van der Waals surface area contributed by atoms with Gasteiger partial charge in [0.05, 0.1) is 5.56 Å². The molecule has 2 fully saturated rings. The van der Waals surface area contributed by atoms with E-state index >= 15 is 0 Å². The van der Waals surface area contributed by atoms with Crippen LogP contribution in [0.2, 0.25) is 0 Å². The van der Waals surface area contributed by atoms with Crippen LogP contribution in [0.3, 0.4) is 0 Å². The predicted molar refractivity (Wildman–Crippen MR) is 122 cm³/mol. The third-order valence-electron chi connectivity index (χ3n) is 7.95. The van der Waals surface area contributed by atoms with E-state index in [9.17, 15) is 22.0 Å². The first-order valence-electron chi connectivity index (χ1n) is 12.6. The van der Waals surface area contributed by atoms with Crippen LogP contribution >= 0.6 is 0 Å². The van der Waals surface area contributed by atoms with Crippen LogP contribution in [0.5, 0.6) is 5.75 Å². The molecule has 0 aliphatic heterocycles. The number of benzene rings is 2. The van der Waals surface area contributed by atoms with Crippen molar-refractivity contribution in [2.75, 3.05) is 0 Å². The van der Waals surface area contributed by atoms with Gasteiger partial charge in [0.1, 0.15) is 5.75 Å². The fourth-order valence-electron chi connectivity index (χ4n) is 6.03. The van der Waals surface area contributed by atoms with E-state index in [1.54, 1.807) is 12.1 Å². The molecule has 2 aromatic rings. The Hall–Kier alpha value is -2.11. The smallest absolute Gasteiger partial charge is 0.426 e. The van der Waals surface area contributed by atoms with Gasteiger partial charge in [-0.05, 0) is 79.9 Å². The third kappa shape index (κ3) is 5.75. The molecule has 0 amide bonds. The predicted octanol–water partition coefficient (Wildman–Crippen LogP) is 9.11. The molecule has 2 saturated carbocycles. The molecule has 0 radical (unpaired) electrons. The lowest BCUT2D eigenvalue weighted by molar-refractivity contribution is -0.185. The number of rotatable bonds is 7. The monoisotopic (exact) mass is 480 g/mol. The Balaban J connectivity index is 1.32. The average molecular weight is 481 g/mol. The summed E-state index contributed by atoms with van der Waals surface area (Å²) in [6.07, 6.45) is 8.80. The highest BCUT2D eigenvalue weighted by atomic mass is 19.3. The van der Waals surface area contributed by atoms with Crippen molar-refractivity contribution < 1.29 is 26.7 Å². The second-order valence-electron chi connectivity index (χ2n) is 10.1. The molecule has 0 bridgehead atoms. The Labute approximate surface area is 198 Å². The van der Waals surface area contributed by atoms with E-state index in [4.69, 9.17) is 0 Å². The summed E-state index contributed by atoms with van der Waals surface area (Å²) in [6, 6.07) is 6.81. The Bertz CT molecular complexity index is 919. The standard InChI is InChI=1S/C28H33F5O/c1-2-3-18-4-6-19(7-5-18)20-8-10-21(11-9-20)22-12-14-23(15-13-22)28(32,33)34-24-16-25(29)27(31)26(30)17-24/h12-21H,2-11H2,1H3/t18-,19-,20-,21-. The molecule has 34 heavy (non-hydrogen) atoms. The van der Waals surface area contributed by atoms with Crippen molar-refractivity contribution in [2.45, 2.75) is 83.2 Å². The SMILES string of the molecule is CCC[C@H]1CC[C@H]([C@H]2CC[C@H](c3ccc(C(F)(F)Oc4cc(F)c(F)c(F)c4)cc3)CC2)CC1. The molecule has 0 spiro atoms. The van der Waals surface area contributed by atoms with Crippen molar-refractivity contribution in [1.29, 1.82) is 0 Å². The largest absolute Gasteiger partial charge is 0.429 e. The van der Waals surface area contributed by atoms with Gasteiger partial charge in [0.2, 0.25) is 0 Å².